The number of rotatable bonds is 3. The molecule has 1 atom stereocenters. The highest BCUT2D eigenvalue weighted by Gasteiger charge is 2.32. The van der Waals surface area contributed by atoms with Gasteiger partial charge in [0.15, 0.2) is 0 Å². The number of sulfonamides is 1. The van der Waals surface area contributed by atoms with Gasteiger partial charge in [-0.1, -0.05) is 48.5 Å². The summed E-state index contributed by atoms with van der Waals surface area (Å²) in [6.45, 7) is 0.698. The second-order valence-corrected chi connectivity index (χ2v) is 9.52. The summed E-state index contributed by atoms with van der Waals surface area (Å²) in [5.41, 5.74) is 0.518. The molecule has 1 fully saturated rings. The standard InChI is InChI=1S/C23H21N3O3S/c27-23-20-11-3-4-12-21(20)24-16-26(23)18-9-6-14-25(15-18)30(28,29)22-13-5-8-17-7-1-2-10-19(17)22/h1-5,7-8,10-13,16,18H,6,9,14-15H2/t18-/m1/s1. The van der Waals surface area contributed by atoms with Crippen LogP contribution in [0.25, 0.3) is 21.7 Å². The Bertz CT molecular complexity index is 1410. The number of hydrogen-bond donors (Lipinski definition) is 0. The van der Waals surface area contributed by atoms with E-state index in [0.29, 0.717) is 34.2 Å². The maximum atomic E-state index is 13.5. The highest BCUT2D eigenvalue weighted by molar-refractivity contribution is 7.89. The second kappa shape index (κ2) is 7.34. The fourth-order valence-corrected chi connectivity index (χ4v) is 6.00. The third-order valence-corrected chi connectivity index (χ3v) is 7.73. The van der Waals surface area contributed by atoms with Crippen LogP contribution in [0.5, 0.6) is 0 Å². The molecule has 1 aliphatic rings. The lowest BCUT2D eigenvalue weighted by atomic mass is 10.1. The molecule has 0 bridgehead atoms. The van der Waals surface area contributed by atoms with Gasteiger partial charge in [-0.25, -0.2) is 13.4 Å². The molecule has 5 rings (SSSR count). The third kappa shape index (κ3) is 3.11. The third-order valence-electron chi connectivity index (χ3n) is 5.81. The Hall–Kier alpha value is -3.03. The van der Waals surface area contributed by atoms with E-state index in [4.69, 9.17) is 0 Å². The first-order valence-electron chi connectivity index (χ1n) is 9.99. The summed E-state index contributed by atoms with van der Waals surface area (Å²) >= 11 is 0. The van der Waals surface area contributed by atoms with Crippen molar-refractivity contribution in [3.05, 3.63) is 83.4 Å². The molecule has 1 aliphatic heterocycles. The first-order valence-corrected chi connectivity index (χ1v) is 11.4. The van der Waals surface area contributed by atoms with Gasteiger partial charge in [0.2, 0.25) is 10.0 Å². The van der Waals surface area contributed by atoms with Gasteiger partial charge >= 0.3 is 0 Å². The monoisotopic (exact) mass is 419 g/mol. The molecular weight excluding hydrogens is 398 g/mol. The average molecular weight is 420 g/mol. The quantitative estimate of drug-likeness (QED) is 0.509. The van der Waals surface area contributed by atoms with E-state index in [-0.39, 0.29) is 18.1 Å². The Morgan fingerprint density at radius 1 is 0.900 bits per heavy atom. The highest BCUT2D eigenvalue weighted by atomic mass is 32.2. The lowest BCUT2D eigenvalue weighted by Gasteiger charge is -2.33. The number of fused-ring (bicyclic) bond motifs is 2. The van der Waals surface area contributed by atoms with E-state index < -0.39 is 10.0 Å². The van der Waals surface area contributed by atoms with Gasteiger partial charge in [0.05, 0.1) is 28.2 Å². The molecule has 3 aromatic carbocycles. The van der Waals surface area contributed by atoms with Crippen LogP contribution in [0.4, 0.5) is 0 Å². The van der Waals surface area contributed by atoms with Crippen molar-refractivity contribution in [3.8, 4) is 0 Å². The van der Waals surface area contributed by atoms with Crippen LogP contribution in [0.1, 0.15) is 18.9 Å². The summed E-state index contributed by atoms with van der Waals surface area (Å²) in [5, 5.41) is 2.16. The first-order chi connectivity index (χ1) is 14.6. The van der Waals surface area contributed by atoms with E-state index in [9.17, 15) is 13.2 Å². The largest absolute Gasteiger partial charge is 0.294 e. The fraction of sp³-hybridized carbons (Fsp3) is 0.217. The molecule has 1 aromatic heterocycles. The maximum Gasteiger partial charge on any atom is 0.261 e. The minimum absolute atomic E-state index is 0.130. The zero-order valence-corrected chi connectivity index (χ0v) is 17.1. The molecule has 30 heavy (non-hydrogen) atoms. The summed E-state index contributed by atoms with van der Waals surface area (Å²) in [5.74, 6) is 0. The Kier molecular flexibility index (Phi) is 4.64. The molecule has 6 nitrogen and oxygen atoms in total. The number of nitrogens with zero attached hydrogens (tertiary/aromatic N) is 3. The van der Waals surface area contributed by atoms with Crippen LogP contribution < -0.4 is 5.56 Å². The fourth-order valence-electron chi connectivity index (χ4n) is 4.27. The lowest BCUT2D eigenvalue weighted by Crippen LogP contribution is -2.42. The normalized spacial score (nSPS) is 18.1. The second-order valence-electron chi connectivity index (χ2n) is 7.61. The Morgan fingerprint density at radius 3 is 2.50 bits per heavy atom. The molecule has 0 aliphatic carbocycles. The van der Waals surface area contributed by atoms with E-state index in [1.54, 1.807) is 35.2 Å². The molecular formula is C23H21N3O3S. The smallest absolute Gasteiger partial charge is 0.261 e. The van der Waals surface area contributed by atoms with Gasteiger partial charge in [-0.05, 0) is 36.4 Å². The van der Waals surface area contributed by atoms with Crippen molar-refractivity contribution in [3.63, 3.8) is 0 Å². The molecule has 0 amide bonds. The van der Waals surface area contributed by atoms with Crippen LogP contribution in [0.2, 0.25) is 0 Å². The van der Waals surface area contributed by atoms with Crippen LogP contribution in [-0.2, 0) is 10.0 Å². The van der Waals surface area contributed by atoms with E-state index in [1.165, 1.54) is 4.31 Å². The zero-order valence-electron chi connectivity index (χ0n) is 16.3. The van der Waals surface area contributed by atoms with Crippen LogP contribution >= 0.6 is 0 Å². The van der Waals surface area contributed by atoms with E-state index in [2.05, 4.69) is 4.98 Å². The number of piperidine rings is 1. The van der Waals surface area contributed by atoms with Gasteiger partial charge in [0.25, 0.3) is 5.56 Å². The van der Waals surface area contributed by atoms with Gasteiger partial charge in [-0.2, -0.15) is 4.31 Å². The average Bonchev–Trinajstić information content (AvgIpc) is 2.79. The molecule has 0 N–H and O–H groups in total. The van der Waals surface area contributed by atoms with Crippen LogP contribution in [0.3, 0.4) is 0 Å². The van der Waals surface area contributed by atoms with Crippen LogP contribution in [0, 0.1) is 0 Å². The number of para-hydroxylation sites is 1. The van der Waals surface area contributed by atoms with Gasteiger partial charge < -0.3 is 0 Å². The summed E-state index contributed by atoms with van der Waals surface area (Å²) in [6.07, 6.45) is 2.97. The number of aromatic nitrogens is 2. The molecule has 1 saturated heterocycles. The van der Waals surface area contributed by atoms with Crippen molar-refractivity contribution in [1.82, 2.24) is 13.9 Å². The van der Waals surface area contributed by atoms with E-state index >= 15 is 0 Å². The minimum Gasteiger partial charge on any atom is -0.294 e. The van der Waals surface area contributed by atoms with Crippen molar-refractivity contribution < 1.29 is 8.42 Å². The number of hydrogen-bond acceptors (Lipinski definition) is 4. The van der Waals surface area contributed by atoms with Crippen molar-refractivity contribution in [1.29, 1.82) is 0 Å². The molecule has 0 unspecified atom stereocenters. The highest BCUT2D eigenvalue weighted by Crippen LogP contribution is 2.30. The number of benzene rings is 3. The topological polar surface area (TPSA) is 72.3 Å². The Labute approximate surface area is 174 Å². The lowest BCUT2D eigenvalue weighted by molar-refractivity contribution is 0.262. The van der Waals surface area contributed by atoms with E-state index in [0.717, 1.165) is 11.8 Å². The molecule has 0 spiro atoms. The van der Waals surface area contributed by atoms with E-state index in [1.807, 2.05) is 42.5 Å². The van der Waals surface area contributed by atoms with Crippen LogP contribution in [0.15, 0.2) is 82.7 Å². The molecule has 7 heteroatoms. The van der Waals surface area contributed by atoms with Crippen molar-refractivity contribution in [2.24, 2.45) is 0 Å². The molecule has 0 radical (unpaired) electrons. The van der Waals surface area contributed by atoms with Gasteiger partial charge in [0.1, 0.15) is 0 Å². The van der Waals surface area contributed by atoms with Gasteiger partial charge in [-0.15, -0.1) is 0 Å². The summed E-state index contributed by atoms with van der Waals surface area (Å²) < 4.78 is 30.1. The zero-order chi connectivity index (χ0) is 20.7. The summed E-state index contributed by atoms with van der Waals surface area (Å²) in [7, 11) is -3.69. The van der Waals surface area contributed by atoms with Gasteiger partial charge in [-0.3, -0.25) is 9.36 Å². The molecule has 0 saturated carbocycles. The predicted molar refractivity (Wildman–Crippen MR) is 117 cm³/mol. The van der Waals surface area contributed by atoms with Crippen molar-refractivity contribution >= 4 is 31.7 Å². The van der Waals surface area contributed by atoms with Gasteiger partial charge in [0, 0.05) is 18.5 Å². The summed E-state index contributed by atoms with van der Waals surface area (Å²) in [6, 6.07) is 19.8. The molecule has 152 valence electrons. The molecule has 4 aromatic rings. The predicted octanol–water partition coefficient (Wildman–Crippen LogP) is 3.58. The van der Waals surface area contributed by atoms with Crippen LogP contribution in [-0.4, -0.2) is 35.4 Å². The van der Waals surface area contributed by atoms with Crippen molar-refractivity contribution in [2.75, 3.05) is 13.1 Å². The SMILES string of the molecule is O=c1c2ccccc2ncn1[C@@H]1CCCN(S(=O)(=O)c2cccc3ccccc23)C1. The minimum atomic E-state index is -3.69. The first kappa shape index (κ1) is 19.0. The van der Waals surface area contributed by atoms with Crippen molar-refractivity contribution in [2.45, 2.75) is 23.8 Å². The Morgan fingerprint density at radius 2 is 1.63 bits per heavy atom. The molecule has 2 heterocycles. The summed E-state index contributed by atoms with van der Waals surface area (Å²) in [4.78, 5) is 17.7. The Balaban J connectivity index is 1.53. The maximum absolute atomic E-state index is 13.5.